The Balaban J connectivity index is 1.96. The van der Waals surface area contributed by atoms with Crippen molar-refractivity contribution in [1.29, 1.82) is 0 Å². The largest absolute Gasteiger partial charge is 0.506 e. The minimum absolute atomic E-state index is 0.0405. The van der Waals surface area contributed by atoms with Gasteiger partial charge in [0, 0.05) is 5.02 Å². The monoisotopic (exact) mass is 309 g/mol. The van der Waals surface area contributed by atoms with Crippen molar-refractivity contribution in [3.05, 3.63) is 65.2 Å². The van der Waals surface area contributed by atoms with Crippen LogP contribution in [0.15, 0.2) is 54.6 Å². The van der Waals surface area contributed by atoms with Gasteiger partial charge in [-0.3, -0.25) is 9.69 Å². The molecule has 4 rings (SSSR count). The Morgan fingerprint density at radius 3 is 2.68 bits per heavy atom. The summed E-state index contributed by atoms with van der Waals surface area (Å²) in [5.41, 5.74) is 2.22. The van der Waals surface area contributed by atoms with Crippen molar-refractivity contribution in [2.75, 3.05) is 4.90 Å². The lowest BCUT2D eigenvalue weighted by atomic mass is 10.0. The molecule has 1 amide bonds. The molecular weight excluding hydrogens is 298 g/mol. The van der Waals surface area contributed by atoms with E-state index in [9.17, 15) is 9.90 Å². The van der Waals surface area contributed by atoms with E-state index in [0.29, 0.717) is 17.1 Å². The van der Waals surface area contributed by atoms with Gasteiger partial charge in [0.1, 0.15) is 5.75 Å². The fourth-order valence-corrected chi connectivity index (χ4v) is 3.19. The Labute approximate surface area is 132 Å². The Morgan fingerprint density at radius 2 is 1.82 bits per heavy atom. The number of carbonyl (C=O) groups excluding carboxylic acids is 1. The minimum atomic E-state index is -0.0658. The molecule has 3 aromatic carbocycles. The van der Waals surface area contributed by atoms with Gasteiger partial charge in [0.2, 0.25) is 5.91 Å². The number of anilines is 2. The predicted octanol–water partition coefficient (Wildman–Crippen LogP) is 4.42. The van der Waals surface area contributed by atoms with Gasteiger partial charge in [-0.05, 0) is 40.6 Å². The zero-order valence-corrected chi connectivity index (χ0v) is 12.3. The molecule has 0 bridgehead atoms. The first-order valence-corrected chi connectivity index (χ1v) is 7.35. The summed E-state index contributed by atoms with van der Waals surface area (Å²) >= 11 is 6.02. The maximum atomic E-state index is 12.5. The molecule has 3 aromatic rings. The third-order valence-corrected chi connectivity index (χ3v) is 4.25. The number of carbonyl (C=O) groups is 1. The van der Waals surface area contributed by atoms with E-state index in [1.54, 1.807) is 17.0 Å². The molecule has 0 aliphatic carbocycles. The van der Waals surface area contributed by atoms with Crippen molar-refractivity contribution in [3.63, 3.8) is 0 Å². The fourth-order valence-electron chi connectivity index (χ4n) is 3.02. The summed E-state index contributed by atoms with van der Waals surface area (Å²) in [5, 5.41) is 12.8. The first-order valence-electron chi connectivity index (χ1n) is 6.97. The molecule has 0 atom stereocenters. The van der Waals surface area contributed by atoms with Gasteiger partial charge in [-0.1, -0.05) is 41.9 Å². The number of phenolic OH excluding ortho intramolecular Hbond substituents is 1. The van der Waals surface area contributed by atoms with Crippen molar-refractivity contribution >= 4 is 39.7 Å². The number of rotatable bonds is 1. The third-order valence-electron chi connectivity index (χ3n) is 4.01. The number of benzene rings is 3. The van der Waals surface area contributed by atoms with Crippen molar-refractivity contribution in [1.82, 2.24) is 0 Å². The Kier molecular flexibility index (Phi) is 2.84. The van der Waals surface area contributed by atoms with Crippen LogP contribution in [0, 0.1) is 0 Å². The molecule has 0 spiro atoms. The van der Waals surface area contributed by atoms with Crippen LogP contribution in [0.1, 0.15) is 5.56 Å². The quantitative estimate of drug-likeness (QED) is 0.723. The molecule has 1 heterocycles. The van der Waals surface area contributed by atoms with Crippen LogP contribution in [0.5, 0.6) is 5.75 Å². The van der Waals surface area contributed by atoms with E-state index < -0.39 is 0 Å². The third kappa shape index (κ3) is 1.86. The molecule has 1 N–H and O–H groups in total. The highest BCUT2D eigenvalue weighted by Gasteiger charge is 2.31. The highest BCUT2D eigenvalue weighted by Crippen LogP contribution is 2.43. The summed E-state index contributed by atoms with van der Waals surface area (Å²) in [6, 6.07) is 16.6. The van der Waals surface area contributed by atoms with Crippen molar-refractivity contribution < 1.29 is 9.90 Å². The number of phenols is 1. The smallest absolute Gasteiger partial charge is 0.236 e. The van der Waals surface area contributed by atoms with Crippen LogP contribution in [0.2, 0.25) is 5.02 Å². The zero-order valence-electron chi connectivity index (χ0n) is 11.6. The van der Waals surface area contributed by atoms with Crippen LogP contribution in [0.3, 0.4) is 0 Å². The standard InChI is InChI=1S/C18H12ClNO2/c19-12-6-8-17(21)16(9-12)20-15-7-5-11-3-1-2-4-13(11)14(15)10-18(20)22/h1-9,21H,10H2. The number of amides is 1. The minimum Gasteiger partial charge on any atom is -0.506 e. The summed E-state index contributed by atoms with van der Waals surface area (Å²) in [7, 11) is 0. The Bertz CT molecular complexity index is 920. The van der Waals surface area contributed by atoms with Crippen molar-refractivity contribution in [3.8, 4) is 5.75 Å². The lowest BCUT2D eigenvalue weighted by Crippen LogP contribution is -2.20. The maximum absolute atomic E-state index is 12.5. The number of hydrogen-bond acceptors (Lipinski definition) is 2. The van der Waals surface area contributed by atoms with Gasteiger partial charge in [0.05, 0.1) is 17.8 Å². The normalized spacial score (nSPS) is 13.7. The van der Waals surface area contributed by atoms with Gasteiger partial charge in [0.25, 0.3) is 0 Å². The number of hydrogen-bond donors (Lipinski definition) is 1. The molecule has 0 unspecified atom stereocenters. The second-order valence-corrected chi connectivity index (χ2v) is 5.76. The fraction of sp³-hybridized carbons (Fsp3) is 0.0556. The van der Waals surface area contributed by atoms with E-state index in [4.69, 9.17) is 11.6 Å². The van der Waals surface area contributed by atoms with Crippen LogP contribution in [-0.2, 0) is 11.2 Å². The average Bonchev–Trinajstić information content (AvgIpc) is 2.86. The van der Waals surface area contributed by atoms with E-state index in [1.807, 2.05) is 36.4 Å². The van der Waals surface area contributed by atoms with E-state index >= 15 is 0 Å². The van der Waals surface area contributed by atoms with Gasteiger partial charge < -0.3 is 5.11 Å². The molecular formula is C18H12ClNO2. The Morgan fingerprint density at radius 1 is 1.00 bits per heavy atom. The highest BCUT2D eigenvalue weighted by molar-refractivity contribution is 6.31. The number of nitrogens with zero attached hydrogens (tertiary/aromatic N) is 1. The summed E-state index contributed by atoms with van der Waals surface area (Å²) < 4.78 is 0. The number of halogens is 1. The molecule has 0 radical (unpaired) electrons. The second-order valence-electron chi connectivity index (χ2n) is 5.32. The lowest BCUT2D eigenvalue weighted by molar-refractivity contribution is -0.116. The van der Waals surface area contributed by atoms with Gasteiger partial charge >= 0.3 is 0 Å². The average molecular weight is 310 g/mol. The van der Waals surface area contributed by atoms with Crippen LogP contribution >= 0.6 is 11.6 Å². The van der Waals surface area contributed by atoms with Gasteiger partial charge in [-0.2, -0.15) is 0 Å². The SMILES string of the molecule is O=C1Cc2c(ccc3ccccc23)N1c1cc(Cl)ccc1O. The van der Waals surface area contributed by atoms with E-state index in [-0.39, 0.29) is 11.7 Å². The number of fused-ring (bicyclic) bond motifs is 3. The van der Waals surface area contributed by atoms with Crippen molar-refractivity contribution in [2.45, 2.75) is 6.42 Å². The van der Waals surface area contributed by atoms with Gasteiger partial charge in [-0.15, -0.1) is 0 Å². The first kappa shape index (κ1) is 13.2. The first-order chi connectivity index (χ1) is 10.6. The maximum Gasteiger partial charge on any atom is 0.236 e. The van der Waals surface area contributed by atoms with Crippen molar-refractivity contribution in [2.24, 2.45) is 0 Å². The molecule has 1 aliphatic rings. The molecule has 4 heteroatoms. The van der Waals surface area contributed by atoms with Crippen LogP contribution in [0.25, 0.3) is 10.8 Å². The second kappa shape index (κ2) is 4.75. The summed E-state index contributed by atoms with van der Waals surface area (Å²) in [6.07, 6.45) is 0.322. The summed E-state index contributed by atoms with van der Waals surface area (Å²) in [5.74, 6) is -0.0253. The Hall–Kier alpha value is -2.52. The molecule has 0 saturated carbocycles. The molecule has 0 aromatic heterocycles. The van der Waals surface area contributed by atoms with Crippen LogP contribution < -0.4 is 4.90 Å². The summed E-state index contributed by atoms with van der Waals surface area (Å²) in [4.78, 5) is 14.1. The molecule has 0 fully saturated rings. The van der Waals surface area contributed by atoms with Crippen LogP contribution in [-0.4, -0.2) is 11.0 Å². The van der Waals surface area contributed by atoms with Crippen LogP contribution in [0.4, 0.5) is 11.4 Å². The molecule has 22 heavy (non-hydrogen) atoms. The molecule has 1 aliphatic heterocycles. The molecule has 0 saturated heterocycles. The summed E-state index contributed by atoms with van der Waals surface area (Å²) in [6.45, 7) is 0. The van der Waals surface area contributed by atoms with Gasteiger partial charge in [0.15, 0.2) is 0 Å². The van der Waals surface area contributed by atoms with Gasteiger partial charge in [-0.25, -0.2) is 0 Å². The van der Waals surface area contributed by atoms with E-state index in [1.165, 1.54) is 6.07 Å². The predicted molar refractivity (Wildman–Crippen MR) is 87.9 cm³/mol. The lowest BCUT2D eigenvalue weighted by Gasteiger charge is -2.19. The van der Waals surface area contributed by atoms with E-state index in [2.05, 4.69) is 0 Å². The molecule has 3 nitrogen and oxygen atoms in total. The topological polar surface area (TPSA) is 40.5 Å². The van der Waals surface area contributed by atoms with E-state index in [0.717, 1.165) is 22.0 Å². The number of aromatic hydroxyl groups is 1. The zero-order chi connectivity index (χ0) is 15.3. The molecule has 108 valence electrons. The highest BCUT2D eigenvalue weighted by atomic mass is 35.5.